The molecule has 0 radical (unpaired) electrons. The number of nitrogens with two attached hydrogens (primary N) is 1. The summed E-state index contributed by atoms with van der Waals surface area (Å²) in [7, 11) is 0. The maximum atomic E-state index is 12.0. The maximum Gasteiger partial charge on any atom is 0.328 e. The van der Waals surface area contributed by atoms with Crippen molar-refractivity contribution in [1.29, 1.82) is 0 Å². The van der Waals surface area contributed by atoms with Gasteiger partial charge in [-0.05, 0) is 47.8 Å². The number of esters is 1. The van der Waals surface area contributed by atoms with E-state index in [1.54, 1.807) is 11.8 Å². The van der Waals surface area contributed by atoms with Crippen molar-refractivity contribution in [2.45, 2.75) is 19.4 Å². The summed E-state index contributed by atoms with van der Waals surface area (Å²) >= 11 is 1.67. The number of aryl methyl sites for hydroxylation is 1. The lowest BCUT2D eigenvalue weighted by atomic mass is 10.0. The monoisotopic (exact) mass is 289 g/mol. The number of fused-ring (bicyclic) bond motifs is 1. The molecule has 2 aromatic carbocycles. The molecule has 2 aromatic rings. The Morgan fingerprint density at radius 1 is 1.30 bits per heavy atom. The van der Waals surface area contributed by atoms with Crippen LogP contribution >= 0.6 is 11.8 Å². The molecule has 1 atom stereocenters. The number of thioether (sulfide) groups is 1. The molecular weight excluding hydrogens is 270 g/mol. The van der Waals surface area contributed by atoms with Crippen LogP contribution in [0.15, 0.2) is 36.4 Å². The first kappa shape index (κ1) is 14.9. The fourth-order valence-corrected chi connectivity index (χ4v) is 2.55. The molecule has 0 aliphatic carbocycles. The van der Waals surface area contributed by atoms with E-state index in [1.165, 1.54) is 0 Å². The van der Waals surface area contributed by atoms with Gasteiger partial charge in [-0.25, -0.2) is 4.79 Å². The lowest BCUT2D eigenvalue weighted by Gasteiger charge is -2.13. The van der Waals surface area contributed by atoms with Crippen LogP contribution in [-0.4, -0.2) is 24.0 Å². The molecule has 2 rings (SSSR count). The summed E-state index contributed by atoms with van der Waals surface area (Å²) in [5.41, 5.74) is 6.79. The topological polar surface area (TPSA) is 52.3 Å². The van der Waals surface area contributed by atoms with Gasteiger partial charge in [0, 0.05) is 0 Å². The summed E-state index contributed by atoms with van der Waals surface area (Å²) in [6.45, 7) is 1.96. The van der Waals surface area contributed by atoms with Gasteiger partial charge >= 0.3 is 5.97 Å². The number of hydrogen-bond donors (Lipinski definition) is 1. The molecule has 0 amide bonds. The van der Waals surface area contributed by atoms with Crippen LogP contribution in [0.1, 0.15) is 12.0 Å². The first-order chi connectivity index (χ1) is 9.63. The molecule has 0 aliphatic rings. The van der Waals surface area contributed by atoms with Crippen LogP contribution in [0, 0.1) is 6.92 Å². The lowest BCUT2D eigenvalue weighted by Crippen LogP contribution is -2.34. The summed E-state index contributed by atoms with van der Waals surface area (Å²) in [6.07, 6.45) is 2.62. The SMILES string of the molecule is CSCC[C@H](N)C(=O)Oc1ccc2ccccc2c1C. The maximum absolute atomic E-state index is 12.0. The highest BCUT2D eigenvalue weighted by Crippen LogP contribution is 2.27. The molecule has 0 heterocycles. The zero-order valence-electron chi connectivity index (χ0n) is 11.8. The van der Waals surface area contributed by atoms with Crippen molar-refractivity contribution >= 4 is 28.5 Å². The molecule has 0 fully saturated rings. The summed E-state index contributed by atoms with van der Waals surface area (Å²) < 4.78 is 5.44. The van der Waals surface area contributed by atoms with Crippen molar-refractivity contribution in [2.24, 2.45) is 5.73 Å². The van der Waals surface area contributed by atoms with Gasteiger partial charge in [0.05, 0.1) is 0 Å². The largest absolute Gasteiger partial charge is 0.425 e. The molecule has 20 heavy (non-hydrogen) atoms. The quantitative estimate of drug-likeness (QED) is 0.678. The number of benzene rings is 2. The Hall–Kier alpha value is -1.52. The van der Waals surface area contributed by atoms with Crippen molar-refractivity contribution in [3.8, 4) is 5.75 Å². The van der Waals surface area contributed by atoms with Crippen LogP contribution in [0.25, 0.3) is 10.8 Å². The molecule has 4 heteroatoms. The first-order valence-electron chi connectivity index (χ1n) is 6.58. The van der Waals surface area contributed by atoms with E-state index in [9.17, 15) is 4.79 Å². The minimum atomic E-state index is -0.562. The summed E-state index contributed by atoms with van der Waals surface area (Å²) in [4.78, 5) is 12.0. The Balaban J connectivity index is 2.17. The number of carbonyl (C=O) groups is 1. The second kappa shape index (κ2) is 6.77. The summed E-state index contributed by atoms with van der Waals surface area (Å²) in [6, 6.07) is 11.3. The van der Waals surface area contributed by atoms with Crippen molar-refractivity contribution in [1.82, 2.24) is 0 Å². The van der Waals surface area contributed by atoms with E-state index < -0.39 is 6.04 Å². The van der Waals surface area contributed by atoms with Gasteiger partial charge < -0.3 is 10.5 Å². The van der Waals surface area contributed by atoms with Crippen LogP contribution < -0.4 is 10.5 Å². The van der Waals surface area contributed by atoms with Crippen LogP contribution in [-0.2, 0) is 4.79 Å². The predicted octanol–water partition coefficient (Wildman–Crippen LogP) is 3.13. The Bertz CT molecular complexity index is 612. The van der Waals surface area contributed by atoms with Crippen molar-refractivity contribution in [3.05, 3.63) is 42.0 Å². The second-order valence-corrected chi connectivity index (χ2v) is 5.70. The fraction of sp³-hybridized carbons (Fsp3) is 0.312. The van der Waals surface area contributed by atoms with Crippen LogP contribution in [0.2, 0.25) is 0 Å². The highest BCUT2D eigenvalue weighted by Gasteiger charge is 2.17. The Labute approximate surface area is 123 Å². The molecule has 0 aromatic heterocycles. The number of rotatable bonds is 5. The third-order valence-corrected chi connectivity index (χ3v) is 3.94. The zero-order valence-corrected chi connectivity index (χ0v) is 12.6. The fourth-order valence-electron chi connectivity index (χ4n) is 2.06. The van der Waals surface area contributed by atoms with Gasteiger partial charge in [0.1, 0.15) is 11.8 Å². The average Bonchev–Trinajstić information content (AvgIpc) is 2.47. The van der Waals surface area contributed by atoms with E-state index in [0.717, 1.165) is 22.1 Å². The van der Waals surface area contributed by atoms with Crippen molar-refractivity contribution < 1.29 is 9.53 Å². The average molecular weight is 289 g/mol. The number of ether oxygens (including phenoxy) is 1. The van der Waals surface area contributed by atoms with E-state index in [-0.39, 0.29) is 5.97 Å². The van der Waals surface area contributed by atoms with E-state index in [1.807, 2.05) is 49.6 Å². The Morgan fingerprint density at radius 3 is 2.80 bits per heavy atom. The summed E-state index contributed by atoms with van der Waals surface area (Å²) in [5.74, 6) is 1.08. The molecule has 0 unspecified atom stereocenters. The van der Waals surface area contributed by atoms with Crippen molar-refractivity contribution in [3.63, 3.8) is 0 Å². The molecule has 0 spiro atoms. The second-order valence-electron chi connectivity index (χ2n) is 4.72. The Kier molecular flexibility index (Phi) is 5.04. The molecule has 106 valence electrons. The van der Waals surface area contributed by atoms with E-state index >= 15 is 0 Å². The van der Waals surface area contributed by atoms with Gasteiger partial charge in [-0.2, -0.15) is 11.8 Å². The van der Waals surface area contributed by atoms with E-state index in [0.29, 0.717) is 12.2 Å². The lowest BCUT2D eigenvalue weighted by molar-refractivity contribution is -0.135. The van der Waals surface area contributed by atoms with Crippen LogP contribution in [0.4, 0.5) is 0 Å². The van der Waals surface area contributed by atoms with E-state index in [4.69, 9.17) is 10.5 Å². The normalized spacial score (nSPS) is 12.3. The number of hydrogen-bond acceptors (Lipinski definition) is 4. The van der Waals surface area contributed by atoms with Gasteiger partial charge in [0.15, 0.2) is 0 Å². The molecule has 0 saturated heterocycles. The molecular formula is C16H19NO2S. The van der Waals surface area contributed by atoms with E-state index in [2.05, 4.69) is 0 Å². The molecule has 3 nitrogen and oxygen atoms in total. The zero-order chi connectivity index (χ0) is 14.5. The Morgan fingerprint density at radius 2 is 2.05 bits per heavy atom. The van der Waals surface area contributed by atoms with Gasteiger partial charge in [-0.15, -0.1) is 0 Å². The molecule has 0 aliphatic heterocycles. The first-order valence-corrected chi connectivity index (χ1v) is 7.97. The molecule has 0 bridgehead atoms. The predicted molar refractivity (Wildman–Crippen MR) is 85.3 cm³/mol. The molecule has 2 N–H and O–H groups in total. The van der Waals surface area contributed by atoms with Gasteiger partial charge in [0.2, 0.25) is 0 Å². The van der Waals surface area contributed by atoms with Gasteiger partial charge in [-0.3, -0.25) is 0 Å². The summed E-state index contributed by atoms with van der Waals surface area (Å²) in [5, 5.41) is 2.23. The minimum Gasteiger partial charge on any atom is -0.425 e. The van der Waals surface area contributed by atoms with Gasteiger partial charge in [-0.1, -0.05) is 30.3 Å². The molecule has 0 saturated carbocycles. The third-order valence-electron chi connectivity index (χ3n) is 3.29. The minimum absolute atomic E-state index is 0.363. The number of carbonyl (C=O) groups excluding carboxylic acids is 1. The highest BCUT2D eigenvalue weighted by atomic mass is 32.2. The van der Waals surface area contributed by atoms with Crippen LogP contribution in [0.3, 0.4) is 0 Å². The smallest absolute Gasteiger partial charge is 0.328 e. The third kappa shape index (κ3) is 3.32. The van der Waals surface area contributed by atoms with Crippen molar-refractivity contribution in [2.75, 3.05) is 12.0 Å². The van der Waals surface area contributed by atoms with Crippen LogP contribution in [0.5, 0.6) is 5.75 Å². The highest BCUT2D eigenvalue weighted by molar-refractivity contribution is 7.98. The standard InChI is InChI=1S/C16H19NO2S/c1-11-13-6-4-3-5-12(13)7-8-15(11)19-16(18)14(17)9-10-20-2/h3-8,14H,9-10,17H2,1-2H3/t14-/m0/s1. The van der Waals surface area contributed by atoms with Gasteiger partial charge in [0.25, 0.3) is 0 Å².